The molecule has 0 saturated carbocycles. The van der Waals surface area contributed by atoms with Gasteiger partial charge in [0.05, 0.1) is 13.0 Å². The molecule has 22 heavy (non-hydrogen) atoms. The number of carbonyl (C=O) groups excluding carboxylic acids is 1. The van der Waals surface area contributed by atoms with Crippen molar-refractivity contribution in [3.8, 4) is 0 Å². The van der Waals surface area contributed by atoms with E-state index in [1.54, 1.807) is 6.92 Å². The molecule has 8 nitrogen and oxygen atoms in total. The Hall–Kier alpha value is -2.77. The fourth-order valence-electron chi connectivity index (χ4n) is 2.12. The van der Waals surface area contributed by atoms with Gasteiger partial charge >= 0.3 is 5.69 Å². The molecule has 3 N–H and O–H groups in total. The summed E-state index contributed by atoms with van der Waals surface area (Å²) < 4.78 is 0. The Bertz CT molecular complexity index is 802. The molecule has 0 spiro atoms. The van der Waals surface area contributed by atoms with Crippen LogP contribution in [-0.4, -0.2) is 25.8 Å². The van der Waals surface area contributed by atoms with Gasteiger partial charge in [0.15, 0.2) is 0 Å². The summed E-state index contributed by atoms with van der Waals surface area (Å²) in [6.45, 7) is 5.46. The van der Waals surface area contributed by atoms with Crippen LogP contribution in [0.15, 0.2) is 15.7 Å². The highest BCUT2D eigenvalue weighted by Crippen LogP contribution is 2.00. The quantitative estimate of drug-likeness (QED) is 0.712. The van der Waals surface area contributed by atoms with Gasteiger partial charge in [-0.15, -0.1) is 0 Å². The molecule has 0 bridgehead atoms. The molecule has 0 saturated heterocycles. The first-order valence-corrected chi connectivity index (χ1v) is 6.75. The number of rotatable bonds is 4. The molecular formula is C14H17N5O3. The Labute approximate surface area is 126 Å². The Balaban J connectivity index is 2.05. The fourth-order valence-corrected chi connectivity index (χ4v) is 2.12. The largest absolute Gasteiger partial charge is 0.349 e. The fraction of sp³-hybridized carbons (Fsp3) is 0.357. The first-order chi connectivity index (χ1) is 10.3. The van der Waals surface area contributed by atoms with Gasteiger partial charge < -0.3 is 10.3 Å². The third-order valence-corrected chi connectivity index (χ3v) is 3.06. The van der Waals surface area contributed by atoms with E-state index in [0.717, 1.165) is 11.4 Å². The third-order valence-electron chi connectivity index (χ3n) is 3.06. The van der Waals surface area contributed by atoms with Crippen molar-refractivity contribution in [1.29, 1.82) is 0 Å². The third kappa shape index (κ3) is 3.87. The number of nitrogens with zero attached hydrogens (tertiary/aromatic N) is 2. The number of amides is 1. The monoisotopic (exact) mass is 303 g/mol. The van der Waals surface area contributed by atoms with Crippen molar-refractivity contribution in [2.75, 3.05) is 0 Å². The molecule has 0 fully saturated rings. The minimum absolute atomic E-state index is 0.122. The van der Waals surface area contributed by atoms with E-state index in [1.807, 2.05) is 19.9 Å². The molecule has 1 amide bonds. The van der Waals surface area contributed by atoms with Crippen molar-refractivity contribution in [3.63, 3.8) is 0 Å². The lowest BCUT2D eigenvalue weighted by Gasteiger charge is -2.07. The standard InChI is InChI=1S/C14H17N5O3/c1-7-4-8(2)17-11(16-7)6-15-12(20)5-10-9(3)18-14(22)19-13(10)21/h4H,5-6H2,1-3H3,(H,15,20)(H2,18,19,21,22). The van der Waals surface area contributed by atoms with Crippen LogP contribution in [0.1, 0.15) is 28.5 Å². The SMILES string of the molecule is Cc1cc(C)nc(CNC(=O)Cc2c(C)[nH]c(=O)[nH]c2=O)n1. The molecule has 116 valence electrons. The average molecular weight is 303 g/mol. The lowest BCUT2D eigenvalue weighted by molar-refractivity contribution is -0.120. The predicted octanol–water partition coefficient (Wildman–Crippen LogP) is -0.363. The number of carbonyl (C=O) groups is 1. The van der Waals surface area contributed by atoms with Crippen LogP contribution in [0.3, 0.4) is 0 Å². The van der Waals surface area contributed by atoms with E-state index < -0.39 is 11.2 Å². The van der Waals surface area contributed by atoms with Crippen LogP contribution < -0.4 is 16.6 Å². The van der Waals surface area contributed by atoms with E-state index in [9.17, 15) is 14.4 Å². The van der Waals surface area contributed by atoms with Crippen molar-refractivity contribution in [3.05, 3.63) is 55.4 Å². The molecule has 2 heterocycles. The number of hydrogen-bond acceptors (Lipinski definition) is 5. The highest BCUT2D eigenvalue weighted by Gasteiger charge is 2.11. The topological polar surface area (TPSA) is 121 Å². The maximum absolute atomic E-state index is 11.9. The lowest BCUT2D eigenvalue weighted by atomic mass is 10.1. The van der Waals surface area contributed by atoms with E-state index in [1.165, 1.54) is 0 Å². The normalized spacial score (nSPS) is 10.5. The summed E-state index contributed by atoms with van der Waals surface area (Å²) >= 11 is 0. The van der Waals surface area contributed by atoms with Gasteiger partial charge in [-0.25, -0.2) is 14.8 Å². The smallest absolute Gasteiger partial charge is 0.325 e. The van der Waals surface area contributed by atoms with Crippen molar-refractivity contribution in [2.45, 2.75) is 33.7 Å². The highest BCUT2D eigenvalue weighted by molar-refractivity contribution is 5.78. The molecule has 0 aromatic carbocycles. The molecule has 0 aliphatic carbocycles. The summed E-state index contributed by atoms with van der Waals surface area (Å²) in [7, 11) is 0. The molecule has 0 atom stereocenters. The zero-order valence-corrected chi connectivity index (χ0v) is 12.6. The van der Waals surface area contributed by atoms with E-state index >= 15 is 0 Å². The summed E-state index contributed by atoms with van der Waals surface area (Å²) in [6.07, 6.45) is -0.122. The molecule has 2 aromatic heterocycles. The van der Waals surface area contributed by atoms with Gasteiger partial charge in [0.25, 0.3) is 5.56 Å². The number of hydrogen-bond donors (Lipinski definition) is 3. The Morgan fingerprint density at radius 2 is 1.77 bits per heavy atom. The Morgan fingerprint density at radius 1 is 1.14 bits per heavy atom. The van der Waals surface area contributed by atoms with Crippen molar-refractivity contribution in [2.24, 2.45) is 0 Å². The van der Waals surface area contributed by atoms with Crippen molar-refractivity contribution < 1.29 is 4.79 Å². The van der Waals surface area contributed by atoms with Crippen LogP contribution in [-0.2, 0) is 17.8 Å². The van der Waals surface area contributed by atoms with Crippen molar-refractivity contribution >= 4 is 5.91 Å². The summed E-state index contributed by atoms with van der Waals surface area (Å²) in [5.74, 6) is 0.168. The second kappa shape index (κ2) is 6.33. The van der Waals surface area contributed by atoms with Crippen LogP contribution in [0, 0.1) is 20.8 Å². The first-order valence-electron chi connectivity index (χ1n) is 6.75. The summed E-state index contributed by atoms with van der Waals surface area (Å²) in [5, 5.41) is 2.66. The first kappa shape index (κ1) is 15.6. The zero-order valence-electron chi connectivity index (χ0n) is 12.6. The second-order valence-electron chi connectivity index (χ2n) is 5.03. The number of nitrogens with one attached hydrogen (secondary N) is 3. The second-order valence-corrected chi connectivity index (χ2v) is 5.03. The van der Waals surface area contributed by atoms with E-state index in [2.05, 4.69) is 25.3 Å². The minimum atomic E-state index is -0.588. The van der Waals surface area contributed by atoms with Crippen LogP contribution in [0.4, 0.5) is 0 Å². The maximum atomic E-state index is 11.9. The number of aryl methyl sites for hydroxylation is 3. The Morgan fingerprint density at radius 3 is 2.36 bits per heavy atom. The summed E-state index contributed by atoms with van der Waals surface area (Å²) in [6, 6.07) is 1.84. The van der Waals surface area contributed by atoms with Crippen LogP contribution in [0.25, 0.3) is 0 Å². The predicted molar refractivity (Wildman–Crippen MR) is 79.5 cm³/mol. The molecule has 0 radical (unpaired) electrons. The zero-order chi connectivity index (χ0) is 16.3. The van der Waals surface area contributed by atoms with Crippen LogP contribution in [0.2, 0.25) is 0 Å². The molecular weight excluding hydrogens is 286 g/mol. The average Bonchev–Trinajstić information content (AvgIpc) is 2.39. The summed E-state index contributed by atoms with van der Waals surface area (Å²) in [4.78, 5) is 47.7. The van der Waals surface area contributed by atoms with Gasteiger partial charge in [0, 0.05) is 22.6 Å². The number of aromatic nitrogens is 4. The molecule has 0 aliphatic heterocycles. The molecule has 0 aliphatic rings. The van der Waals surface area contributed by atoms with E-state index in [4.69, 9.17) is 0 Å². The molecule has 2 rings (SSSR count). The van der Waals surface area contributed by atoms with E-state index in [-0.39, 0.29) is 24.4 Å². The Kier molecular flexibility index (Phi) is 4.50. The lowest BCUT2D eigenvalue weighted by Crippen LogP contribution is -2.32. The van der Waals surface area contributed by atoms with Crippen molar-refractivity contribution in [1.82, 2.24) is 25.3 Å². The van der Waals surface area contributed by atoms with Gasteiger partial charge in [0.1, 0.15) is 5.82 Å². The van der Waals surface area contributed by atoms with Crippen LogP contribution in [0.5, 0.6) is 0 Å². The molecule has 2 aromatic rings. The maximum Gasteiger partial charge on any atom is 0.325 e. The van der Waals surface area contributed by atoms with Gasteiger partial charge in [-0.1, -0.05) is 0 Å². The number of aromatic amines is 2. The van der Waals surface area contributed by atoms with Gasteiger partial charge in [-0.2, -0.15) is 0 Å². The highest BCUT2D eigenvalue weighted by atomic mass is 16.2. The van der Waals surface area contributed by atoms with Gasteiger partial charge in [-0.3, -0.25) is 14.6 Å². The molecule has 8 heteroatoms. The minimum Gasteiger partial charge on any atom is -0.349 e. The van der Waals surface area contributed by atoms with E-state index in [0.29, 0.717) is 11.5 Å². The van der Waals surface area contributed by atoms with Gasteiger partial charge in [0.2, 0.25) is 5.91 Å². The van der Waals surface area contributed by atoms with Crippen LogP contribution >= 0.6 is 0 Å². The summed E-state index contributed by atoms with van der Waals surface area (Å²) in [5.41, 5.74) is 1.12. The number of H-pyrrole nitrogens is 2. The molecule has 0 unspecified atom stereocenters. The van der Waals surface area contributed by atoms with Gasteiger partial charge in [-0.05, 0) is 26.8 Å².